The molecule has 0 heterocycles. The van der Waals surface area contributed by atoms with Crippen LogP contribution in [0, 0.1) is 5.82 Å². The Balaban J connectivity index is 2.35. The van der Waals surface area contributed by atoms with Crippen LogP contribution in [0.3, 0.4) is 0 Å². The van der Waals surface area contributed by atoms with Gasteiger partial charge in [-0.3, -0.25) is 4.79 Å². The molecule has 0 spiro atoms. The van der Waals surface area contributed by atoms with E-state index in [-0.39, 0.29) is 35.2 Å². The van der Waals surface area contributed by atoms with Crippen LogP contribution < -0.4 is 5.32 Å². The highest BCUT2D eigenvalue weighted by molar-refractivity contribution is 6.46. The topological polar surface area (TPSA) is 81.5 Å². The van der Waals surface area contributed by atoms with Crippen LogP contribution >= 0.6 is 23.2 Å². The van der Waals surface area contributed by atoms with Crippen LogP contribution in [0.5, 0.6) is 0 Å². The first-order valence-corrected chi connectivity index (χ1v) is 9.42. The minimum absolute atomic E-state index is 0.00253. The number of hydrogen-bond donors (Lipinski definition) is 1. The smallest absolute Gasteiger partial charge is 0.273 e. The molecule has 0 bridgehead atoms. The molecule has 1 N–H and O–H groups in total. The Morgan fingerprint density at radius 3 is 2.53 bits per heavy atom. The molecule has 0 unspecified atom stereocenters. The lowest BCUT2D eigenvalue weighted by atomic mass is 10.0. The van der Waals surface area contributed by atoms with Gasteiger partial charge in [0.1, 0.15) is 25.2 Å². The molecular weight excluding hydrogens is 436 g/mol. The van der Waals surface area contributed by atoms with Crippen molar-refractivity contribution in [3.63, 3.8) is 0 Å². The summed E-state index contributed by atoms with van der Waals surface area (Å²) in [5, 5.41) is 10.9. The molecule has 10 heteroatoms. The molecule has 2 rings (SSSR count). The highest BCUT2D eigenvalue weighted by Gasteiger charge is 2.20. The molecular formula is C20H20Cl2FN3O4. The van der Waals surface area contributed by atoms with E-state index in [1.165, 1.54) is 39.5 Å². The molecule has 0 aliphatic carbocycles. The maximum atomic E-state index is 14.2. The zero-order chi connectivity index (χ0) is 22.1. The Labute approximate surface area is 183 Å². The average molecular weight is 456 g/mol. The van der Waals surface area contributed by atoms with Gasteiger partial charge in [-0.15, -0.1) is 0 Å². The molecule has 0 radical (unpaired) electrons. The molecule has 0 atom stereocenters. The van der Waals surface area contributed by atoms with Crippen LogP contribution in [0.4, 0.5) is 4.39 Å². The van der Waals surface area contributed by atoms with Crippen molar-refractivity contribution in [2.24, 2.45) is 10.3 Å². The van der Waals surface area contributed by atoms with Crippen LogP contribution in [0.15, 0.2) is 46.7 Å². The largest absolute Gasteiger partial charge is 0.398 e. The SMILES string of the molecule is CNC(=O)/C(=N/OC)c1cccc(Cl)c1CO/N=C(\COC)c1ccc(Cl)cc1F. The van der Waals surface area contributed by atoms with Gasteiger partial charge in [0.25, 0.3) is 5.91 Å². The van der Waals surface area contributed by atoms with E-state index >= 15 is 0 Å². The van der Waals surface area contributed by atoms with Crippen molar-refractivity contribution >= 4 is 40.5 Å². The van der Waals surface area contributed by atoms with Crippen molar-refractivity contribution in [2.75, 3.05) is 27.9 Å². The van der Waals surface area contributed by atoms with Crippen molar-refractivity contribution in [3.05, 3.63) is 69.0 Å². The summed E-state index contributed by atoms with van der Waals surface area (Å²) in [5.41, 5.74) is 1.29. The van der Waals surface area contributed by atoms with Gasteiger partial charge in [0.05, 0.1) is 6.61 Å². The minimum Gasteiger partial charge on any atom is -0.398 e. The number of methoxy groups -OCH3 is 1. The van der Waals surface area contributed by atoms with Crippen LogP contribution in [-0.4, -0.2) is 45.2 Å². The van der Waals surface area contributed by atoms with E-state index in [2.05, 4.69) is 15.6 Å². The lowest BCUT2D eigenvalue weighted by Gasteiger charge is -2.12. The molecule has 0 aliphatic rings. The summed E-state index contributed by atoms with van der Waals surface area (Å²) >= 11 is 12.1. The number of oxime groups is 2. The van der Waals surface area contributed by atoms with Crippen molar-refractivity contribution in [3.8, 4) is 0 Å². The van der Waals surface area contributed by atoms with Crippen LogP contribution in [0.1, 0.15) is 16.7 Å². The van der Waals surface area contributed by atoms with Crippen molar-refractivity contribution in [1.82, 2.24) is 5.32 Å². The molecule has 2 aromatic carbocycles. The predicted molar refractivity (Wildman–Crippen MR) is 114 cm³/mol. The van der Waals surface area contributed by atoms with Gasteiger partial charge in [0, 0.05) is 40.9 Å². The summed E-state index contributed by atoms with van der Waals surface area (Å²) in [6, 6.07) is 9.14. The minimum atomic E-state index is -0.561. The first-order chi connectivity index (χ1) is 14.4. The Kier molecular flexibility index (Phi) is 9.04. The fourth-order valence-corrected chi connectivity index (χ4v) is 2.93. The third-order valence-corrected chi connectivity index (χ3v) is 4.49. The summed E-state index contributed by atoms with van der Waals surface area (Å²) in [6.07, 6.45) is 0. The molecule has 0 aliphatic heterocycles. The summed E-state index contributed by atoms with van der Waals surface area (Å²) in [7, 11) is 4.24. The molecule has 30 heavy (non-hydrogen) atoms. The van der Waals surface area contributed by atoms with Gasteiger partial charge in [-0.05, 0) is 24.3 Å². The normalized spacial score (nSPS) is 11.9. The number of hydrogen-bond acceptors (Lipinski definition) is 6. The second-order valence-corrected chi connectivity index (χ2v) is 6.68. The number of halogens is 3. The lowest BCUT2D eigenvalue weighted by molar-refractivity contribution is -0.114. The standard InChI is InChI=1S/C20H20Cl2FN3O4/c1-24-20(27)19(26-29-3)13-5-4-6-16(22)15(13)10-30-25-18(11-28-2)14-8-7-12(21)9-17(14)23/h4-9H,10-11H2,1-3H3,(H,24,27)/b25-18+,26-19+. The summed E-state index contributed by atoms with van der Waals surface area (Å²) < 4.78 is 19.3. The fraction of sp³-hybridized carbons (Fsp3) is 0.250. The number of amides is 1. The number of nitrogens with one attached hydrogen (secondary N) is 1. The van der Waals surface area contributed by atoms with Crippen molar-refractivity contribution in [1.29, 1.82) is 0 Å². The van der Waals surface area contributed by atoms with E-state index in [0.717, 1.165) is 0 Å². The number of nitrogens with zero attached hydrogens (tertiary/aromatic N) is 2. The van der Waals surface area contributed by atoms with Crippen molar-refractivity contribution < 1.29 is 23.6 Å². The van der Waals surface area contributed by atoms with Gasteiger partial charge in [-0.2, -0.15) is 0 Å². The molecule has 0 saturated heterocycles. The van der Waals surface area contributed by atoms with E-state index in [9.17, 15) is 9.18 Å². The average Bonchev–Trinajstić information content (AvgIpc) is 2.72. The van der Waals surface area contributed by atoms with Gasteiger partial charge in [0.2, 0.25) is 0 Å². The number of rotatable bonds is 9. The van der Waals surface area contributed by atoms with Crippen LogP contribution in [0.25, 0.3) is 0 Å². The monoisotopic (exact) mass is 455 g/mol. The number of ether oxygens (including phenoxy) is 1. The fourth-order valence-electron chi connectivity index (χ4n) is 2.54. The highest BCUT2D eigenvalue weighted by Crippen LogP contribution is 2.23. The lowest BCUT2D eigenvalue weighted by Crippen LogP contribution is -2.29. The van der Waals surface area contributed by atoms with E-state index in [1.807, 2.05) is 0 Å². The maximum Gasteiger partial charge on any atom is 0.273 e. The second kappa shape index (κ2) is 11.5. The zero-order valence-corrected chi connectivity index (χ0v) is 18.1. The zero-order valence-electron chi connectivity index (χ0n) is 16.5. The molecule has 7 nitrogen and oxygen atoms in total. The molecule has 0 aromatic heterocycles. The molecule has 1 amide bonds. The maximum absolute atomic E-state index is 14.2. The van der Waals surface area contributed by atoms with Crippen LogP contribution in [0.2, 0.25) is 10.0 Å². The first-order valence-electron chi connectivity index (χ1n) is 8.67. The Bertz CT molecular complexity index is 967. The van der Waals surface area contributed by atoms with Gasteiger partial charge >= 0.3 is 0 Å². The number of benzene rings is 2. The summed E-state index contributed by atoms with van der Waals surface area (Å²) in [4.78, 5) is 22.4. The highest BCUT2D eigenvalue weighted by atomic mass is 35.5. The Hall–Kier alpha value is -2.68. The van der Waals surface area contributed by atoms with E-state index in [1.54, 1.807) is 18.2 Å². The summed E-state index contributed by atoms with van der Waals surface area (Å²) in [6.45, 7) is -0.111. The Morgan fingerprint density at radius 1 is 1.13 bits per heavy atom. The molecule has 2 aromatic rings. The number of carbonyl (C=O) groups is 1. The third kappa shape index (κ3) is 5.91. The third-order valence-electron chi connectivity index (χ3n) is 3.91. The quantitative estimate of drug-likeness (QED) is 0.460. The van der Waals surface area contributed by atoms with Gasteiger partial charge in [-0.25, -0.2) is 4.39 Å². The number of likely N-dealkylation sites (N-methyl/N-ethyl adjacent to an activating group) is 1. The molecule has 0 saturated carbocycles. The Morgan fingerprint density at radius 2 is 1.90 bits per heavy atom. The molecule has 0 fully saturated rings. The van der Waals surface area contributed by atoms with E-state index in [0.29, 0.717) is 16.1 Å². The number of carbonyl (C=O) groups excluding carboxylic acids is 1. The van der Waals surface area contributed by atoms with E-state index < -0.39 is 11.7 Å². The van der Waals surface area contributed by atoms with Gasteiger partial charge < -0.3 is 19.7 Å². The van der Waals surface area contributed by atoms with Crippen molar-refractivity contribution in [2.45, 2.75) is 6.61 Å². The molecule has 160 valence electrons. The second-order valence-electron chi connectivity index (χ2n) is 5.84. The summed E-state index contributed by atoms with van der Waals surface area (Å²) in [5.74, 6) is -1.03. The van der Waals surface area contributed by atoms with E-state index in [4.69, 9.17) is 37.6 Å². The van der Waals surface area contributed by atoms with Crippen LogP contribution in [-0.2, 0) is 25.8 Å². The van der Waals surface area contributed by atoms with Gasteiger partial charge in [-0.1, -0.05) is 45.6 Å². The predicted octanol–water partition coefficient (Wildman–Crippen LogP) is 3.80. The first kappa shape index (κ1) is 23.6. The van der Waals surface area contributed by atoms with Gasteiger partial charge in [0.15, 0.2) is 5.71 Å².